The van der Waals surface area contributed by atoms with Gasteiger partial charge in [-0.1, -0.05) is 24.3 Å². The minimum atomic E-state index is -2.61. The fraction of sp³-hybridized carbons (Fsp3) is 0.250. The van der Waals surface area contributed by atoms with Crippen LogP contribution >= 0.6 is 11.8 Å². The van der Waals surface area contributed by atoms with E-state index >= 15 is 0 Å². The molecule has 1 aromatic heterocycles. The zero-order valence-corrected chi connectivity index (χ0v) is 13.1. The molecule has 0 spiro atoms. The molecular weight excluding hydrogens is 306 g/mol. The zero-order valence-electron chi connectivity index (χ0n) is 12.3. The molecule has 3 nitrogen and oxygen atoms in total. The maximum atomic E-state index is 12.6. The van der Waals surface area contributed by atoms with Crippen LogP contribution in [0.1, 0.15) is 21.5 Å². The summed E-state index contributed by atoms with van der Waals surface area (Å²) in [5.74, 6) is -2.93. The first kappa shape index (κ1) is 16.4. The van der Waals surface area contributed by atoms with Gasteiger partial charge in [-0.05, 0) is 41.9 Å². The zero-order chi connectivity index (χ0) is 16.1. The number of halogens is 2. The Labute approximate surface area is 132 Å². The largest absolute Gasteiger partial charge is 0.337 e. The van der Waals surface area contributed by atoms with E-state index in [9.17, 15) is 13.6 Å². The molecular formula is C16H16F2N2OS. The molecule has 0 unspecified atom stereocenters. The van der Waals surface area contributed by atoms with Crippen molar-refractivity contribution in [2.45, 2.75) is 24.3 Å². The van der Waals surface area contributed by atoms with Crippen molar-refractivity contribution in [3.05, 3.63) is 59.3 Å². The van der Waals surface area contributed by atoms with Crippen LogP contribution < -0.4 is 0 Å². The number of carbonyl (C=O) groups excluding carboxylic acids is 1. The van der Waals surface area contributed by atoms with Gasteiger partial charge in [-0.25, -0.2) is 4.98 Å². The molecule has 0 atom stereocenters. The van der Waals surface area contributed by atoms with Gasteiger partial charge in [0.2, 0.25) is 0 Å². The van der Waals surface area contributed by atoms with Crippen LogP contribution in [0.25, 0.3) is 0 Å². The molecule has 0 aliphatic heterocycles. The van der Waals surface area contributed by atoms with Crippen LogP contribution in [-0.2, 0) is 6.54 Å². The van der Waals surface area contributed by atoms with Crippen molar-refractivity contribution in [2.24, 2.45) is 0 Å². The summed E-state index contributed by atoms with van der Waals surface area (Å²) in [5, 5.41) is 0.0548. The average Bonchev–Trinajstić information content (AvgIpc) is 2.49. The standard InChI is InChI=1S/C16H16F2N2OS/c1-11-6-3-4-7-12(11)10-20(2)15(21)13-8-5-9-19-14(13)22-16(17)18/h3-9,16H,10H2,1-2H3. The van der Waals surface area contributed by atoms with E-state index in [1.807, 2.05) is 31.2 Å². The Kier molecular flexibility index (Phi) is 5.49. The number of hydrogen-bond acceptors (Lipinski definition) is 3. The summed E-state index contributed by atoms with van der Waals surface area (Å²) in [6, 6.07) is 10.8. The summed E-state index contributed by atoms with van der Waals surface area (Å²) in [6.45, 7) is 2.38. The first-order valence-corrected chi connectivity index (χ1v) is 7.57. The fourth-order valence-electron chi connectivity index (χ4n) is 2.05. The van der Waals surface area contributed by atoms with E-state index in [1.165, 1.54) is 17.2 Å². The van der Waals surface area contributed by atoms with Gasteiger partial charge in [0, 0.05) is 19.8 Å². The highest BCUT2D eigenvalue weighted by Gasteiger charge is 2.19. The maximum absolute atomic E-state index is 12.6. The summed E-state index contributed by atoms with van der Waals surface area (Å²) in [7, 11) is 1.65. The van der Waals surface area contributed by atoms with Crippen molar-refractivity contribution in [2.75, 3.05) is 7.05 Å². The Morgan fingerprint density at radius 1 is 1.27 bits per heavy atom. The van der Waals surface area contributed by atoms with Gasteiger partial charge in [0.15, 0.2) is 0 Å². The lowest BCUT2D eigenvalue weighted by atomic mass is 10.1. The Morgan fingerprint density at radius 2 is 2.00 bits per heavy atom. The Bertz CT molecular complexity index is 664. The number of hydrogen-bond donors (Lipinski definition) is 0. The highest BCUT2D eigenvalue weighted by molar-refractivity contribution is 7.99. The number of pyridine rings is 1. The number of thioether (sulfide) groups is 1. The molecule has 6 heteroatoms. The molecule has 0 saturated heterocycles. The van der Waals surface area contributed by atoms with Crippen LogP contribution in [0.5, 0.6) is 0 Å². The minimum Gasteiger partial charge on any atom is -0.337 e. The normalized spacial score (nSPS) is 10.8. The molecule has 1 amide bonds. The molecule has 0 aliphatic rings. The van der Waals surface area contributed by atoms with Crippen LogP contribution in [0.4, 0.5) is 8.78 Å². The van der Waals surface area contributed by atoms with Crippen molar-refractivity contribution >= 4 is 17.7 Å². The second-order valence-corrected chi connectivity index (χ2v) is 5.80. The van der Waals surface area contributed by atoms with Gasteiger partial charge in [0.25, 0.3) is 11.7 Å². The smallest absolute Gasteiger partial charge is 0.290 e. The summed E-state index contributed by atoms with van der Waals surface area (Å²) in [5.41, 5.74) is 2.30. The number of rotatable bonds is 5. The highest BCUT2D eigenvalue weighted by Crippen LogP contribution is 2.27. The van der Waals surface area contributed by atoms with E-state index in [-0.39, 0.29) is 28.3 Å². The predicted molar refractivity (Wildman–Crippen MR) is 83.1 cm³/mol. The third-order valence-corrected chi connectivity index (χ3v) is 3.94. The van der Waals surface area contributed by atoms with E-state index in [2.05, 4.69) is 4.98 Å². The molecule has 0 bridgehead atoms. The van der Waals surface area contributed by atoms with Gasteiger partial charge in [-0.2, -0.15) is 8.78 Å². The Morgan fingerprint density at radius 3 is 2.68 bits per heavy atom. The SMILES string of the molecule is Cc1ccccc1CN(C)C(=O)c1cccnc1SC(F)F. The van der Waals surface area contributed by atoms with Crippen molar-refractivity contribution in [3.8, 4) is 0 Å². The lowest BCUT2D eigenvalue weighted by Crippen LogP contribution is -2.27. The summed E-state index contributed by atoms with van der Waals surface area (Å²) < 4.78 is 25.1. The lowest BCUT2D eigenvalue weighted by molar-refractivity contribution is 0.0780. The molecule has 116 valence electrons. The fourth-order valence-corrected chi connectivity index (χ4v) is 2.63. The number of nitrogens with zero attached hydrogens (tertiary/aromatic N) is 2. The average molecular weight is 322 g/mol. The first-order valence-electron chi connectivity index (χ1n) is 6.69. The molecule has 1 aromatic carbocycles. The molecule has 0 radical (unpaired) electrons. The minimum absolute atomic E-state index is 0.0548. The van der Waals surface area contributed by atoms with E-state index in [1.54, 1.807) is 13.1 Å². The molecule has 0 N–H and O–H groups in total. The van der Waals surface area contributed by atoms with Gasteiger partial charge in [0.1, 0.15) is 5.03 Å². The highest BCUT2D eigenvalue weighted by atomic mass is 32.2. The summed E-state index contributed by atoms with van der Waals surface area (Å²) in [6.07, 6.45) is 1.41. The second kappa shape index (κ2) is 7.35. The van der Waals surface area contributed by atoms with E-state index in [0.717, 1.165) is 11.1 Å². The molecule has 2 aromatic rings. The van der Waals surface area contributed by atoms with E-state index < -0.39 is 5.76 Å². The Balaban J connectivity index is 2.19. The molecule has 2 rings (SSSR count). The number of alkyl halides is 2. The van der Waals surface area contributed by atoms with Crippen LogP contribution in [-0.4, -0.2) is 28.6 Å². The van der Waals surface area contributed by atoms with Gasteiger partial charge < -0.3 is 4.90 Å². The summed E-state index contributed by atoms with van der Waals surface area (Å²) in [4.78, 5) is 17.9. The Hall–Kier alpha value is -1.95. The van der Waals surface area contributed by atoms with Gasteiger partial charge in [0.05, 0.1) is 5.56 Å². The molecule has 22 heavy (non-hydrogen) atoms. The van der Waals surface area contributed by atoms with E-state index in [4.69, 9.17) is 0 Å². The first-order chi connectivity index (χ1) is 10.5. The van der Waals surface area contributed by atoms with Crippen LogP contribution in [0.15, 0.2) is 47.6 Å². The predicted octanol–water partition coefficient (Wildman–Crippen LogP) is 3.98. The monoisotopic (exact) mass is 322 g/mol. The maximum Gasteiger partial charge on any atom is 0.290 e. The topological polar surface area (TPSA) is 33.2 Å². The summed E-state index contributed by atoms with van der Waals surface area (Å²) >= 11 is 0.288. The number of aromatic nitrogens is 1. The van der Waals surface area contributed by atoms with Gasteiger partial charge >= 0.3 is 0 Å². The van der Waals surface area contributed by atoms with Crippen molar-refractivity contribution < 1.29 is 13.6 Å². The number of benzene rings is 1. The number of aryl methyl sites for hydroxylation is 1. The van der Waals surface area contributed by atoms with Crippen LogP contribution in [0.3, 0.4) is 0 Å². The molecule has 1 heterocycles. The van der Waals surface area contributed by atoms with Crippen molar-refractivity contribution in [3.63, 3.8) is 0 Å². The third kappa shape index (κ3) is 4.04. The molecule has 0 aliphatic carbocycles. The number of carbonyl (C=O) groups is 1. The lowest BCUT2D eigenvalue weighted by Gasteiger charge is -2.19. The van der Waals surface area contributed by atoms with Crippen molar-refractivity contribution in [1.82, 2.24) is 9.88 Å². The van der Waals surface area contributed by atoms with Gasteiger partial charge in [-0.3, -0.25) is 4.79 Å². The molecule has 0 saturated carbocycles. The quantitative estimate of drug-likeness (QED) is 0.781. The van der Waals surface area contributed by atoms with E-state index in [0.29, 0.717) is 6.54 Å². The second-order valence-electron chi connectivity index (χ2n) is 4.82. The molecule has 0 fully saturated rings. The number of amides is 1. The van der Waals surface area contributed by atoms with Crippen molar-refractivity contribution in [1.29, 1.82) is 0 Å². The van der Waals surface area contributed by atoms with Crippen LogP contribution in [0.2, 0.25) is 0 Å². The van der Waals surface area contributed by atoms with Crippen LogP contribution in [0, 0.1) is 6.92 Å². The van der Waals surface area contributed by atoms with Gasteiger partial charge in [-0.15, -0.1) is 0 Å². The third-order valence-electron chi connectivity index (χ3n) is 3.22.